The van der Waals surface area contributed by atoms with Gasteiger partial charge in [-0.2, -0.15) is 0 Å². The molecular formula is C24H25FN2O6S. The molecule has 1 fully saturated rings. The van der Waals surface area contributed by atoms with Gasteiger partial charge in [0.05, 0.1) is 26.2 Å². The number of hydrogen-bond donors (Lipinski definition) is 1. The lowest BCUT2D eigenvalue weighted by Crippen LogP contribution is -2.37. The maximum atomic E-state index is 13.8. The number of aryl methyl sites for hydroxylation is 1. The molecule has 3 rings (SSSR count). The molecule has 0 bridgehead atoms. The van der Waals surface area contributed by atoms with Crippen molar-refractivity contribution in [2.24, 2.45) is 0 Å². The topological polar surface area (TPSA) is 94.2 Å². The van der Waals surface area contributed by atoms with E-state index in [0.29, 0.717) is 23.7 Å². The van der Waals surface area contributed by atoms with Crippen LogP contribution in [-0.2, 0) is 16.0 Å². The molecule has 2 aromatic rings. The SMILES string of the molecule is COc1cc(CCC(=O)NCCN2C(=O)S/C(=C\c3ccccc3F)C2=O)cc(OC)c1OC. The smallest absolute Gasteiger partial charge is 0.293 e. The van der Waals surface area contributed by atoms with Crippen LogP contribution in [0.1, 0.15) is 17.5 Å². The van der Waals surface area contributed by atoms with Crippen molar-refractivity contribution >= 4 is 34.9 Å². The summed E-state index contributed by atoms with van der Waals surface area (Å²) in [5.74, 6) is 0.251. The number of halogens is 1. The number of nitrogens with zero attached hydrogens (tertiary/aromatic N) is 1. The van der Waals surface area contributed by atoms with Gasteiger partial charge in [0, 0.05) is 25.1 Å². The Morgan fingerprint density at radius 1 is 1.09 bits per heavy atom. The summed E-state index contributed by atoms with van der Waals surface area (Å²) in [5, 5.41) is 2.25. The summed E-state index contributed by atoms with van der Waals surface area (Å²) < 4.78 is 29.8. The molecule has 0 saturated carbocycles. The number of carbonyl (C=O) groups excluding carboxylic acids is 3. The third-order valence-electron chi connectivity index (χ3n) is 5.09. The Labute approximate surface area is 201 Å². The number of rotatable bonds is 10. The number of methoxy groups -OCH3 is 3. The fourth-order valence-corrected chi connectivity index (χ4v) is 4.22. The van der Waals surface area contributed by atoms with Crippen LogP contribution in [0.2, 0.25) is 0 Å². The first-order chi connectivity index (χ1) is 16.4. The molecule has 1 aliphatic heterocycles. The maximum absolute atomic E-state index is 13.8. The summed E-state index contributed by atoms with van der Waals surface area (Å²) in [7, 11) is 4.55. The van der Waals surface area contributed by atoms with Crippen LogP contribution in [0, 0.1) is 5.82 Å². The average molecular weight is 489 g/mol. The highest BCUT2D eigenvalue weighted by Gasteiger charge is 2.34. The molecule has 34 heavy (non-hydrogen) atoms. The summed E-state index contributed by atoms with van der Waals surface area (Å²) in [5.41, 5.74) is 1.06. The highest BCUT2D eigenvalue weighted by Crippen LogP contribution is 2.38. The molecule has 1 saturated heterocycles. The van der Waals surface area contributed by atoms with Crippen molar-refractivity contribution in [3.8, 4) is 17.2 Å². The number of thioether (sulfide) groups is 1. The van der Waals surface area contributed by atoms with Crippen molar-refractivity contribution < 1.29 is 33.0 Å². The lowest BCUT2D eigenvalue weighted by Gasteiger charge is -2.14. The summed E-state index contributed by atoms with van der Waals surface area (Å²) >= 11 is 0.747. The maximum Gasteiger partial charge on any atom is 0.293 e. The fraction of sp³-hybridized carbons (Fsp3) is 0.292. The minimum Gasteiger partial charge on any atom is -0.493 e. The van der Waals surface area contributed by atoms with E-state index in [0.717, 1.165) is 22.2 Å². The van der Waals surface area contributed by atoms with Crippen molar-refractivity contribution in [1.82, 2.24) is 10.2 Å². The van der Waals surface area contributed by atoms with Crippen molar-refractivity contribution in [2.45, 2.75) is 12.8 Å². The summed E-state index contributed by atoms with van der Waals surface area (Å²) in [6.07, 6.45) is 1.97. The molecule has 0 spiro atoms. The second-order valence-electron chi connectivity index (χ2n) is 7.24. The molecule has 3 amide bonds. The van der Waals surface area contributed by atoms with Gasteiger partial charge in [-0.3, -0.25) is 19.3 Å². The largest absolute Gasteiger partial charge is 0.493 e. The molecule has 1 aliphatic rings. The molecule has 2 aromatic carbocycles. The Hall–Kier alpha value is -3.53. The average Bonchev–Trinajstić information content (AvgIpc) is 3.10. The molecule has 1 heterocycles. The fourth-order valence-electron chi connectivity index (χ4n) is 3.36. The van der Waals surface area contributed by atoms with Crippen molar-refractivity contribution in [1.29, 1.82) is 0 Å². The predicted molar refractivity (Wildman–Crippen MR) is 127 cm³/mol. The molecule has 0 radical (unpaired) electrons. The van der Waals surface area contributed by atoms with E-state index in [2.05, 4.69) is 5.32 Å². The minimum atomic E-state index is -0.509. The van der Waals surface area contributed by atoms with Gasteiger partial charge >= 0.3 is 0 Å². The lowest BCUT2D eigenvalue weighted by atomic mass is 10.1. The molecule has 180 valence electrons. The number of hydrogen-bond acceptors (Lipinski definition) is 7. The molecule has 1 N–H and O–H groups in total. The van der Waals surface area contributed by atoms with Gasteiger partial charge in [-0.05, 0) is 48.0 Å². The predicted octanol–water partition coefficient (Wildman–Crippen LogP) is 3.64. The number of ether oxygens (including phenoxy) is 3. The summed E-state index contributed by atoms with van der Waals surface area (Å²) in [6, 6.07) is 9.55. The molecule has 0 aliphatic carbocycles. The van der Waals surface area contributed by atoms with Crippen molar-refractivity contribution in [2.75, 3.05) is 34.4 Å². The van der Waals surface area contributed by atoms with Crippen LogP contribution in [0.4, 0.5) is 9.18 Å². The van der Waals surface area contributed by atoms with E-state index in [1.165, 1.54) is 39.5 Å². The third kappa shape index (κ3) is 5.88. The van der Waals surface area contributed by atoms with Gasteiger partial charge in [0.2, 0.25) is 11.7 Å². The molecule has 0 unspecified atom stereocenters. The van der Waals surface area contributed by atoms with Crippen LogP contribution in [0.5, 0.6) is 17.2 Å². The first kappa shape index (κ1) is 25.1. The molecule has 0 atom stereocenters. The third-order valence-corrected chi connectivity index (χ3v) is 6.00. The second kappa shape index (κ2) is 11.6. The Morgan fingerprint density at radius 3 is 2.38 bits per heavy atom. The van der Waals surface area contributed by atoms with E-state index in [9.17, 15) is 18.8 Å². The Balaban J connectivity index is 1.52. The Bertz CT molecular complexity index is 1100. The number of amides is 3. The van der Waals surface area contributed by atoms with E-state index in [-0.39, 0.29) is 35.9 Å². The van der Waals surface area contributed by atoms with E-state index >= 15 is 0 Å². The first-order valence-corrected chi connectivity index (χ1v) is 11.2. The Morgan fingerprint density at radius 2 is 1.76 bits per heavy atom. The molecule has 0 aromatic heterocycles. The van der Waals surface area contributed by atoms with Crippen LogP contribution < -0.4 is 19.5 Å². The second-order valence-corrected chi connectivity index (χ2v) is 8.23. The molecular weight excluding hydrogens is 463 g/mol. The summed E-state index contributed by atoms with van der Waals surface area (Å²) in [4.78, 5) is 38.2. The van der Waals surface area contributed by atoms with Gasteiger partial charge in [-0.15, -0.1) is 0 Å². The van der Waals surface area contributed by atoms with Crippen molar-refractivity contribution in [3.63, 3.8) is 0 Å². The van der Waals surface area contributed by atoms with E-state index in [1.807, 2.05) is 0 Å². The van der Waals surface area contributed by atoms with E-state index < -0.39 is 17.0 Å². The van der Waals surface area contributed by atoms with Crippen LogP contribution in [0.25, 0.3) is 6.08 Å². The lowest BCUT2D eigenvalue weighted by molar-refractivity contribution is -0.124. The number of nitrogens with one attached hydrogen (secondary N) is 1. The molecule has 10 heteroatoms. The van der Waals surface area contributed by atoms with Crippen LogP contribution in [0.15, 0.2) is 41.3 Å². The summed E-state index contributed by atoms with van der Waals surface area (Å²) in [6.45, 7) is 0.133. The van der Waals surface area contributed by atoms with Gasteiger partial charge in [0.1, 0.15) is 5.82 Å². The highest BCUT2D eigenvalue weighted by atomic mass is 32.2. The Kier molecular flexibility index (Phi) is 8.53. The number of imide groups is 1. The van der Waals surface area contributed by atoms with Gasteiger partial charge in [-0.1, -0.05) is 18.2 Å². The number of benzene rings is 2. The van der Waals surface area contributed by atoms with Crippen LogP contribution >= 0.6 is 11.8 Å². The van der Waals surface area contributed by atoms with Gasteiger partial charge in [-0.25, -0.2) is 4.39 Å². The van der Waals surface area contributed by atoms with E-state index in [1.54, 1.807) is 24.3 Å². The zero-order valence-electron chi connectivity index (χ0n) is 19.1. The zero-order chi connectivity index (χ0) is 24.7. The van der Waals surface area contributed by atoms with Crippen molar-refractivity contribution in [3.05, 3.63) is 58.2 Å². The normalized spacial score (nSPS) is 14.5. The van der Waals surface area contributed by atoms with E-state index in [4.69, 9.17) is 14.2 Å². The van der Waals surface area contributed by atoms with Crippen LogP contribution in [-0.4, -0.2) is 56.4 Å². The highest BCUT2D eigenvalue weighted by molar-refractivity contribution is 8.18. The quantitative estimate of drug-likeness (QED) is 0.511. The van der Waals surface area contributed by atoms with Crippen LogP contribution in [0.3, 0.4) is 0 Å². The van der Waals surface area contributed by atoms with Gasteiger partial charge < -0.3 is 19.5 Å². The zero-order valence-corrected chi connectivity index (χ0v) is 19.9. The standard InChI is InChI=1S/C24H25FN2O6S/c1-31-18-12-15(13-19(32-2)22(18)33-3)8-9-21(28)26-10-11-27-23(29)20(34-24(27)30)14-16-6-4-5-7-17(16)25/h4-7,12-14H,8-11H2,1-3H3,(H,26,28)/b20-14-. The number of carbonyl (C=O) groups is 3. The van der Waals surface area contributed by atoms with Gasteiger partial charge in [0.15, 0.2) is 11.5 Å². The first-order valence-electron chi connectivity index (χ1n) is 10.4. The minimum absolute atomic E-state index is 0.0230. The monoisotopic (exact) mass is 488 g/mol. The van der Waals surface area contributed by atoms with Gasteiger partial charge in [0.25, 0.3) is 11.1 Å². The molecule has 8 nitrogen and oxygen atoms in total.